The molecule has 312 valence electrons. The molecule has 58 heavy (non-hydrogen) atoms. The largest absolute Gasteiger partial charge is 0.508 e. The first-order valence-corrected chi connectivity index (χ1v) is 18.3. The average molecular weight is 813 g/mol. The Morgan fingerprint density at radius 1 is 0.517 bits per heavy atom. The van der Waals surface area contributed by atoms with Crippen LogP contribution in [0.3, 0.4) is 0 Å². The van der Waals surface area contributed by atoms with Gasteiger partial charge in [-0.15, -0.1) is 0 Å². The van der Waals surface area contributed by atoms with E-state index in [9.17, 15) is 71.5 Å². The molecule has 2 saturated heterocycles. The van der Waals surface area contributed by atoms with Gasteiger partial charge in [0, 0.05) is 40.7 Å². The molecule has 2 heterocycles. The third-order valence-corrected chi connectivity index (χ3v) is 11.1. The summed E-state index contributed by atoms with van der Waals surface area (Å²) < 4.78 is 23.3. The predicted octanol–water partition coefficient (Wildman–Crippen LogP) is -0.467. The Labute approximate surface area is 329 Å². The normalized spacial score (nSPS) is 32.3. The second-order valence-corrected chi connectivity index (χ2v) is 14.6. The number of rotatable bonds is 9. The Kier molecular flexibility index (Phi) is 11.5. The van der Waals surface area contributed by atoms with Crippen LogP contribution in [-0.2, 0) is 15.9 Å². The number of aromatic hydroxyl groups is 6. The van der Waals surface area contributed by atoms with Crippen molar-refractivity contribution in [1.29, 1.82) is 0 Å². The van der Waals surface area contributed by atoms with E-state index < -0.39 is 115 Å². The van der Waals surface area contributed by atoms with Crippen molar-refractivity contribution >= 4 is 0 Å². The van der Waals surface area contributed by atoms with Gasteiger partial charge < -0.3 is 90.4 Å². The lowest BCUT2D eigenvalue weighted by Gasteiger charge is -2.44. The number of aliphatic hydroxyl groups is 8. The molecule has 14 N–H and O–H groups in total. The molecule has 18 heteroatoms. The van der Waals surface area contributed by atoms with E-state index in [2.05, 4.69) is 0 Å². The van der Waals surface area contributed by atoms with Crippen LogP contribution in [-0.4, -0.2) is 146 Å². The highest BCUT2D eigenvalue weighted by molar-refractivity contribution is 5.65. The molecule has 0 amide bonds. The average Bonchev–Trinajstić information content (AvgIpc) is 3.20. The Morgan fingerprint density at radius 3 is 1.52 bits per heavy atom. The van der Waals surface area contributed by atoms with Crippen LogP contribution in [0.1, 0.15) is 45.6 Å². The molecule has 4 aromatic carbocycles. The molecular formula is C40H44O18. The van der Waals surface area contributed by atoms with Gasteiger partial charge in [-0.2, -0.15) is 0 Å². The van der Waals surface area contributed by atoms with Crippen LogP contribution in [0, 0.1) is 0 Å². The highest BCUT2D eigenvalue weighted by Crippen LogP contribution is 2.61. The SMILES string of the molecule is OC[C@H]1O[C@@H](Oc2c(O)cc(O)cc2[C@H]2[C@H](c3ccc(O)cc3)c3c(O)cc(O)c(O[C@@H]4O[C@H](CO)[C@@H](O)[C@H](O)[C@H]4O)c3C[C@H]2c2ccc(O)cc2)[C@H](O)[C@@H](O)[C@@H]1O. The van der Waals surface area contributed by atoms with E-state index >= 15 is 0 Å². The van der Waals surface area contributed by atoms with Gasteiger partial charge in [-0.05, 0) is 53.8 Å². The van der Waals surface area contributed by atoms with E-state index in [0.29, 0.717) is 11.1 Å². The molecule has 0 radical (unpaired) electrons. The minimum atomic E-state index is -1.92. The van der Waals surface area contributed by atoms with Gasteiger partial charge in [-0.25, -0.2) is 0 Å². The molecule has 2 fully saturated rings. The fourth-order valence-electron chi connectivity index (χ4n) is 8.20. The van der Waals surface area contributed by atoms with Crippen molar-refractivity contribution < 1.29 is 90.4 Å². The standard InChI is InChI=1S/C40H44O18/c41-13-26-31(49)33(51)35(53)39(55-26)57-37-21(9-19(45)10-24(37)47)29-20(15-1-5-17(43)6-2-15)11-22-30(28(29)16-3-7-18(44)8-4-16)23(46)12-25(48)38(22)58-40-36(54)34(52)32(50)27(14-42)56-40/h1-10,12,20,26-29,31-36,39-54H,11,13-14H2/t20-,26+,27+,28-,29-,31+,32+,33-,34-,35+,36+,39-,40-/m0/s1. The monoisotopic (exact) mass is 812 g/mol. The van der Waals surface area contributed by atoms with Gasteiger partial charge in [0.25, 0.3) is 0 Å². The summed E-state index contributed by atoms with van der Waals surface area (Å²) in [5.74, 6) is -6.21. The van der Waals surface area contributed by atoms with Crippen molar-refractivity contribution in [2.24, 2.45) is 0 Å². The molecule has 0 unspecified atom stereocenters. The van der Waals surface area contributed by atoms with Crippen molar-refractivity contribution in [1.82, 2.24) is 0 Å². The molecule has 0 aromatic heterocycles. The van der Waals surface area contributed by atoms with E-state index in [1.807, 2.05) is 0 Å². The molecule has 1 aliphatic carbocycles. The van der Waals surface area contributed by atoms with Crippen LogP contribution in [0.2, 0.25) is 0 Å². The zero-order valence-electron chi connectivity index (χ0n) is 30.4. The van der Waals surface area contributed by atoms with Gasteiger partial charge in [-0.3, -0.25) is 0 Å². The summed E-state index contributed by atoms with van der Waals surface area (Å²) in [6.45, 7) is -1.56. The maximum absolute atomic E-state index is 11.8. The van der Waals surface area contributed by atoms with Crippen molar-refractivity contribution in [3.8, 4) is 46.0 Å². The number of phenols is 6. The van der Waals surface area contributed by atoms with Gasteiger partial charge in [0.1, 0.15) is 71.8 Å². The molecule has 2 aliphatic heterocycles. The van der Waals surface area contributed by atoms with E-state index in [0.717, 1.165) is 12.1 Å². The minimum absolute atomic E-state index is 0.0279. The van der Waals surface area contributed by atoms with E-state index in [4.69, 9.17) is 18.9 Å². The van der Waals surface area contributed by atoms with Crippen LogP contribution >= 0.6 is 0 Å². The minimum Gasteiger partial charge on any atom is -0.508 e. The quantitative estimate of drug-likeness (QED) is 0.102. The summed E-state index contributed by atoms with van der Waals surface area (Å²) in [5, 5.41) is 149. The maximum Gasteiger partial charge on any atom is 0.229 e. The Bertz CT molecular complexity index is 2070. The Hall–Kier alpha value is -5.12. The second-order valence-electron chi connectivity index (χ2n) is 14.6. The second kappa shape index (κ2) is 16.3. The van der Waals surface area contributed by atoms with E-state index in [1.165, 1.54) is 42.5 Å². The lowest BCUT2D eigenvalue weighted by Crippen LogP contribution is -2.60. The van der Waals surface area contributed by atoms with Crippen molar-refractivity contribution in [3.05, 3.63) is 94.5 Å². The summed E-state index contributed by atoms with van der Waals surface area (Å²) >= 11 is 0. The topological polar surface area (TPSA) is 320 Å². The van der Waals surface area contributed by atoms with Gasteiger partial charge in [0.15, 0.2) is 23.0 Å². The maximum atomic E-state index is 11.8. The highest BCUT2D eigenvalue weighted by Gasteiger charge is 2.49. The van der Waals surface area contributed by atoms with Crippen molar-refractivity contribution in [2.75, 3.05) is 13.2 Å². The van der Waals surface area contributed by atoms with Crippen LogP contribution in [0.5, 0.6) is 46.0 Å². The first kappa shape index (κ1) is 41.1. The molecular weight excluding hydrogens is 768 g/mol. The Morgan fingerprint density at radius 2 is 1.00 bits per heavy atom. The summed E-state index contributed by atoms with van der Waals surface area (Å²) in [6, 6.07) is 14.9. The van der Waals surface area contributed by atoms with Crippen molar-refractivity contribution in [2.45, 2.75) is 85.6 Å². The number of fused-ring (bicyclic) bond motifs is 1. The fraction of sp³-hybridized carbons (Fsp3) is 0.400. The first-order chi connectivity index (χ1) is 27.6. The summed E-state index contributed by atoms with van der Waals surface area (Å²) in [4.78, 5) is 0. The van der Waals surface area contributed by atoms with Crippen LogP contribution in [0.15, 0.2) is 66.7 Å². The number of ether oxygens (including phenoxy) is 4. The summed E-state index contributed by atoms with van der Waals surface area (Å²) in [6.07, 6.45) is -17.5. The lowest BCUT2D eigenvalue weighted by molar-refractivity contribution is -0.277. The third kappa shape index (κ3) is 7.39. The number of hydrogen-bond acceptors (Lipinski definition) is 18. The molecule has 0 saturated carbocycles. The fourth-order valence-corrected chi connectivity index (χ4v) is 8.20. The van der Waals surface area contributed by atoms with Crippen LogP contribution in [0.4, 0.5) is 0 Å². The number of benzene rings is 4. The smallest absolute Gasteiger partial charge is 0.229 e. The lowest BCUT2D eigenvalue weighted by atomic mass is 9.61. The van der Waals surface area contributed by atoms with E-state index in [1.54, 1.807) is 12.1 Å². The zero-order valence-corrected chi connectivity index (χ0v) is 30.4. The van der Waals surface area contributed by atoms with Gasteiger partial charge in [0.05, 0.1) is 13.2 Å². The molecule has 4 aromatic rings. The number of hydrogen-bond donors (Lipinski definition) is 14. The third-order valence-electron chi connectivity index (χ3n) is 11.1. The summed E-state index contributed by atoms with van der Waals surface area (Å²) in [5.41, 5.74) is 1.14. The molecule has 3 aliphatic rings. The molecule has 7 rings (SSSR count). The first-order valence-electron chi connectivity index (χ1n) is 18.3. The zero-order chi connectivity index (χ0) is 41.7. The van der Waals surface area contributed by atoms with Gasteiger partial charge >= 0.3 is 0 Å². The van der Waals surface area contributed by atoms with Crippen LogP contribution < -0.4 is 9.47 Å². The molecule has 0 bridgehead atoms. The molecule has 0 spiro atoms. The van der Waals surface area contributed by atoms with Crippen LogP contribution in [0.25, 0.3) is 0 Å². The van der Waals surface area contributed by atoms with Crippen molar-refractivity contribution in [3.63, 3.8) is 0 Å². The molecule has 13 atom stereocenters. The van der Waals surface area contributed by atoms with E-state index in [-0.39, 0.29) is 46.1 Å². The Balaban J connectivity index is 1.46. The summed E-state index contributed by atoms with van der Waals surface area (Å²) in [7, 11) is 0. The predicted molar refractivity (Wildman–Crippen MR) is 196 cm³/mol. The number of aliphatic hydroxyl groups excluding tert-OH is 8. The van der Waals surface area contributed by atoms with Gasteiger partial charge in [-0.1, -0.05) is 24.3 Å². The molecule has 18 nitrogen and oxygen atoms in total. The highest BCUT2D eigenvalue weighted by atomic mass is 16.7. The number of phenolic OH excluding ortho intramolecular Hbond substituents is 6. The van der Waals surface area contributed by atoms with Gasteiger partial charge in [0.2, 0.25) is 12.6 Å².